The number of nitrogens with one attached hydrogen (secondary N) is 1. The number of hydrogen-bond acceptors (Lipinski definition) is 35. The maximum Gasteiger partial charge on any atom is 0.500 e. The molecule has 57 heteroatoms. The topological polar surface area (TPSA) is 484 Å². The number of aldehydes is 1. The number of aliphatic hydroxyl groups is 1. The van der Waals surface area contributed by atoms with Gasteiger partial charge in [-0.15, -0.1) is 0 Å². The lowest BCUT2D eigenvalue weighted by molar-refractivity contribution is -0.870. The second kappa shape index (κ2) is 49.5. The van der Waals surface area contributed by atoms with Crippen LogP contribution in [0.15, 0.2) is 0 Å². The zero-order valence-electron chi connectivity index (χ0n) is 62.4. The smallest absolute Gasteiger partial charge is 0.413 e. The van der Waals surface area contributed by atoms with Gasteiger partial charge in [0, 0.05) is 85.3 Å². The van der Waals surface area contributed by atoms with Gasteiger partial charge in [0.2, 0.25) is 0 Å². The van der Waals surface area contributed by atoms with E-state index in [-0.39, 0.29) is 27.2 Å². The van der Waals surface area contributed by atoms with Crippen LogP contribution >= 0.6 is 15.6 Å². The summed E-state index contributed by atoms with van der Waals surface area (Å²) in [4.78, 5) is 55.5. The molecule has 6 aliphatic rings. The Balaban J connectivity index is 0. The van der Waals surface area contributed by atoms with Gasteiger partial charge in [0.15, 0.2) is 0 Å². The summed E-state index contributed by atoms with van der Waals surface area (Å²) in [5.74, 6) is 0. The van der Waals surface area contributed by atoms with Crippen molar-refractivity contribution < 1.29 is 154 Å². The number of phosphoric acid groups is 2. The van der Waals surface area contributed by atoms with Gasteiger partial charge in [-0.25, -0.2) is 9.13 Å². The first-order valence-electron chi connectivity index (χ1n) is 32.5. The molecule has 0 amide bonds. The fourth-order valence-electron chi connectivity index (χ4n) is 9.30. The van der Waals surface area contributed by atoms with Gasteiger partial charge in [-0.05, 0) is 104 Å². The molecule has 6 rings (SSSR count). The molecule has 0 radical (unpaired) electrons. The van der Waals surface area contributed by atoms with Gasteiger partial charge in [0.25, 0.3) is 0 Å². The lowest BCUT2D eigenvalue weighted by Gasteiger charge is -2.50. The van der Waals surface area contributed by atoms with E-state index in [0.717, 1.165) is 50.9 Å². The summed E-state index contributed by atoms with van der Waals surface area (Å²) in [5, 5.41) is 10.2. The van der Waals surface area contributed by atoms with Crippen molar-refractivity contribution in [3.8, 4) is 0 Å². The molecule has 6 aliphatic heterocycles. The van der Waals surface area contributed by atoms with Crippen LogP contribution in [-0.4, -0.2) is 332 Å². The molecule has 602 valence electrons. The maximum atomic E-state index is 11.8. The number of nitrogens with zero attached hydrogens (tertiary/aromatic N) is 2. The van der Waals surface area contributed by atoms with E-state index in [1.807, 2.05) is 101 Å². The molecule has 6 saturated heterocycles. The number of carbonyl (C=O) groups excluding carboxylic acids is 1. The number of likely N-dealkylation sites (N-methyl/N-ethyl adjacent to an activating group) is 2. The van der Waals surface area contributed by atoms with E-state index in [1.54, 1.807) is 21.3 Å². The van der Waals surface area contributed by atoms with Crippen LogP contribution in [-0.2, 0) is 115 Å². The molecule has 6 fully saturated rings. The lowest BCUT2D eigenvalue weighted by atomic mass is 10.5. The van der Waals surface area contributed by atoms with Crippen LogP contribution in [0.2, 0.25) is 103 Å². The number of hydrogen-bond donors (Lipinski definition) is 10. The van der Waals surface area contributed by atoms with Crippen molar-refractivity contribution in [3.63, 3.8) is 0 Å². The van der Waals surface area contributed by atoms with Crippen molar-refractivity contribution in [2.75, 3.05) is 143 Å². The monoisotopic (exact) mass is 1770 g/mol. The summed E-state index contributed by atoms with van der Waals surface area (Å²) >= 11 is 0. The molecule has 0 aromatic heterocycles. The van der Waals surface area contributed by atoms with Crippen molar-refractivity contribution in [2.45, 2.75) is 136 Å². The normalized spacial score (nSPS) is 31.6. The summed E-state index contributed by atoms with van der Waals surface area (Å²) in [6.45, 7) is 26.4. The summed E-state index contributed by atoms with van der Waals surface area (Å²) in [7, 11) is -25.9. The Morgan fingerprint density at radius 1 is 0.520 bits per heavy atom. The second-order valence-corrected chi connectivity index (χ2v) is 68.3. The Hall–Kier alpha value is 2.16. The van der Waals surface area contributed by atoms with Gasteiger partial charge in [-0.3, -0.25) is 18.1 Å². The third-order valence-electron chi connectivity index (χ3n) is 12.9. The number of fused-ring (bicyclic) bond motifs is 6. The average Bonchev–Trinajstić information content (AvgIpc) is 0.775. The highest BCUT2D eigenvalue weighted by Gasteiger charge is 2.64. The first-order chi connectivity index (χ1) is 45.6. The number of carbonyl (C=O) groups is 1. The minimum absolute atomic E-state index is 0. The Morgan fingerprint density at radius 2 is 0.810 bits per heavy atom. The lowest BCUT2D eigenvalue weighted by Crippen LogP contribution is -2.72. The predicted octanol–water partition coefficient (Wildman–Crippen LogP) is -1.82. The van der Waals surface area contributed by atoms with E-state index in [1.165, 1.54) is 19.6 Å². The van der Waals surface area contributed by atoms with Crippen molar-refractivity contribution in [1.29, 1.82) is 0 Å². The van der Waals surface area contributed by atoms with Crippen molar-refractivity contribution in [2.24, 2.45) is 17.2 Å². The van der Waals surface area contributed by atoms with Gasteiger partial charge in [-0.1, -0.05) is 7.43 Å². The van der Waals surface area contributed by atoms with E-state index in [4.69, 9.17) is 129 Å². The molecule has 0 aliphatic carbocycles. The molecule has 13 N–H and O–H groups in total. The molecule has 0 spiro atoms. The number of phosphoric ester groups is 2. The van der Waals surface area contributed by atoms with E-state index in [9.17, 15) is 23.6 Å². The van der Waals surface area contributed by atoms with Gasteiger partial charge < -0.3 is 149 Å². The average molecular weight is 1770 g/mol. The number of quaternary nitrogens is 2. The summed E-state index contributed by atoms with van der Waals surface area (Å²) in [6, 6.07) is 3.09. The van der Waals surface area contributed by atoms with E-state index < -0.39 is 167 Å². The minimum atomic E-state index is -4.04. The zero-order valence-corrected chi connectivity index (χ0v) is 81.4. The highest BCUT2D eigenvalue weighted by molar-refractivity contribution is 7.47. The Bertz CT molecular complexity index is 2200. The third kappa shape index (κ3) is 45.5. The molecule has 0 aromatic carbocycles. The van der Waals surface area contributed by atoms with Crippen LogP contribution in [0.3, 0.4) is 0 Å². The fourth-order valence-corrected chi connectivity index (χ4v) is 73.1. The van der Waals surface area contributed by atoms with Crippen LogP contribution < -0.4 is 22.5 Å². The van der Waals surface area contributed by atoms with Crippen LogP contribution in [0.1, 0.15) is 33.1 Å². The molecule has 6 bridgehead atoms. The molecule has 10 atom stereocenters. The molecular weight excluding hydrogens is 1640 g/mol. The highest BCUT2D eigenvalue weighted by atomic mass is 31.2. The Labute approximate surface area is 617 Å². The second-order valence-electron chi connectivity index (χ2n) is 24.8. The zero-order chi connectivity index (χ0) is 76.4. The van der Waals surface area contributed by atoms with E-state index >= 15 is 0 Å². The third-order valence-corrected chi connectivity index (χ3v) is 69.8. The molecular formula is C43H130N6O33P2Si16+2. The van der Waals surface area contributed by atoms with Gasteiger partial charge >= 0.3 is 160 Å². The standard InChI is InChI=1S/C13H35N2O9PSi4.C7H16NO5P.2C6H19NO5Si4.C6H17NO3Si.C3H14O5Si3.CH4O.CH4/c1-15(2,3)10-12-19-25(16,17)18-11-9-14-8-7-13-29-22-26(4)20-28(6,24-29)21-27(5)23-29;1-8(2,3)4-6-12-14(10,11)13-7-5-9;2*1-13-8-15(3)9-14(2)11-16(10-13,12-15)6-4-5-7;1-8-11(9-2,10-3)6-4-5-7;1-9(4)7-11(3,6)8-10(2)5;1-2;/h14,26-27H,7-13H2,1-6H3;5H,4,6-7H2,1-3H3;2*13-14H,4-7H2,1-3H3;4-7H2,1-3H3;4-6,9-10H,1-3H3;2H,1H3;1H4/p+2. The maximum absolute atomic E-state index is 11.8. The predicted molar refractivity (Wildman–Crippen MR) is 408 cm³/mol. The first-order valence-corrected chi connectivity index (χ1v) is 69.0. The van der Waals surface area contributed by atoms with Crippen LogP contribution in [0.25, 0.3) is 0 Å². The van der Waals surface area contributed by atoms with Crippen molar-refractivity contribution in [3.05, 3.63) is 0 Å². The Kier molecular flexibility index (Phi) is 51.6. The van der Waals surface area contributed by atoms with Gasteiger partial charge in [0.05, 0.1) is 48.9 Å². The number of aliphatic hydroxyl groups excluding tert-OH is 1. The first kappa shape index (κ1) is 104. The quantitative estimate of drug-likeness (QED) is 0.0110. The SMILES string of the molecule is C.CO.CO[Si](CCCN)(OC)OC.C[N+](C)(C)CCOP(=O)(O)OCC=O.C[SiH](O)O[Si](C)(O)O[SiH](C)O.C[SiH]1O[Si]2(C)O[SiH](C)O[Si](CCCN)(O1)O2.C[SiH]1O[Si]2(C)O[SiH](C)O[Si](CCCN)(O1)O2.C[SiH]1O[Si]2(C)O[SiH](C)O[Si](CCCNCCOP(=O)(O)OCC[N+](C)(C)C)(O1)O2. The molecule has 0 aromatic rings. The largest absolute Gasteiger partial charge is 0.500 e. The molecule has 10 unspecified atom stereocenters. The van der Waals surface area contributed by atoms with Crippen LogP contribution in [0.5, 0.6) is 0 Å². The molecule has 39 nitrogen and oxygen atoms in total. The van der Waals surface area contributed by atoms with Crippen molar-refractivity contribution in [1.82, 2.24) is 5.32 Å². The molecule has 6 heterocycles. The van der Waals surface area contributed by atoms with E-state index in [2.05, 4.69) is 14.4 Å². The van der Waals surface area contributed by atoms with Gasteiger partial charge in [-0.2, -0.15) is 0 Å². The summed E-state index contributed by atoms with van der Waals surface area (Å²) in [5.41, 5.74) is 16.4. The van der Waals surface area contributed by atoms with Gasteiger partial charge in [0.1, 0.15) is 39.2 Å². The van der Waals surface area contributed by atoms with Crippen LogP contribution in [0.4, 0.5) is 0 Å². The van der Waals surface area contributed by atoms with Crippen LogP contribution in [0, 0.1) is 0 Å². The minimum Gasteiger partial charge on any atom is -0.413 e. The van der Waals surface area contributed by atoms with E-state index in [0.29, 0.717) is 67.1 Å². The fraction of sp³-hybridized carbons (Fsp3) is 0.977. The summed E-state index contributed by atoms with van der Waals surface area (Å²) < 4.78 is 157. The number of rotatable bonds is 35. The van der Waals surface area contributed by atoms with Crippen molar-refractivity contribution >= 4 is 167 Å². The Morgan fingerprint density at radius 3 is 1.08 bits per heavy atom. The number of nitrogens with two attached hydrogens (primary N) is 3. The molecule has 100 heavy (non-hydrogen) atoms. The highest BCUT2D eigenvalue weighted by Crippen LogP contribution is 2.44. The molecule has 0 saturated carbocycles. The summed E-state index contributed by atoms with van der Waals surface area (Å²) in [6.07, 6.45) is 3.82.